The predicted octanol–water partition coefficient (Wildman–Crippen LogP) is 0.969. The zero-order valence-electron chi connectivity index (χ0n) is 14.1. The maximum absolute atomic E-state index is 9.64. The van der Waals surface area contributed by atoms with Crippen LogP contribution in [0, 0.1) is 0 Å². The number of aromatic nitrogens is 3. The van der Waals surface area contributed by atoms with Crippen molar-refractivity contribution in [3.63, 3.8) is 0 Å². The molecule has 3 rings (SSSR count). The Morgan fingerprint density at radius 1 is 1.27 bits per heavy atom. The van der Waals surface area contributed by atoms with Crippen molar-refractivity contribution in [1.29, 1.82) is 0 Å². The Labute approximate surface area is 133 Å². The first-order valence-electron chi connectivity index (χ1n) is 8.61. The zero-order chi connectivity index (χ0) is 15.7. The summed E-state index contributed by atoms with van der Waals surface area (Å²) in [6.45, 7) is 8.88. The third-order valence-electron chi connectivity index (χ3n) is 4.97. The molecule has 1 aliphatic carbocycles. The molecule has 1 aromatic rings. The van der Waals surface area contributed by atoms with Crippen LogP contribution in [0.2, 0.25) is 0 Å². The fourth-order valence-electron chi connectivity index (χ4n) is 3.48. The van der Waals surface area contributed by atoms with Gasteiger partial charge in [0.1, 0.15) is 11.6 Å². The minimum atomic E-state index is -0.250. The summed E-state index contributed by atoms with van der Waals surface area (Å²) in [6, 6.07) is 0.527. The third-order valence-corrected chi connectivity index (χ3v) is 4.97. The van der Waals surface area contributed by atoms with Crippen LogP contribution < -0.4 is 0 Å². The van der Waals surface area contributed by atoms with E-state index < -0.39 is 0 Å². The molecular formula is C16H29N5O. The monoisotopic (exact) mass is 307 g/mol. The quantitative estimate of drug-likeness (QED) is 0.849. The van der Waals surface area contributed by atoms with Crippen LogP contribution in [0.25, 0.3) is 0 Å². The first-order valence-corrected chi connectivity index (χ1v) is 8.61. The lowest BCUT2D eigenvalue weighted by atomic mass is 10.1. The lowest BCUT2D eigenvalue weighted by Gasteiger charge is -2.41. The van der Waals surface area contributed by atoms with Crippen LogP contribution in [-0.2, 0) is 13.6 Å². The SMILES string of the molecule is CC[C@H]1CN(Cc2nnc(C3CC3)n2C)CCN1C[C@@H](C)O. The highest BCUT2D eigenvalue weighted by Gasteiger charge is 2.31. The smallest absolute Gasteiger partial charge is 0.146 e. The van der Waals surface area contributed by atoms with E-state index in [0.29, 0.717) is 12.0 Å². The molecule has 6 nitrogen and oxygen atoms in total. The van der Waals surface area contributed by atoms with Gasteiger partial charge in [-0.3, -0.25) is 9.80 Å². The van der Waals surface area contributed by atoms with Gasteiger partial charge in [0.05, 0.1) is 12.6 Å². The minimum absolute atomic E-state index is 0.250. The molecule has 0 bridgehead atoms. The van der Waals surface area contributed by atoms with Crippen molar-refractivity contribution in [2.75, 3.05) is 26.2 Å². The van der Waals surface area contributed by atoms with E-state index in [1.54, 1.807) is 0 Å². The number of β-amino-alcohol motifs (C(OH)–C–C–N with tert-alkyl or cyclic N) is 1. The van der Waals surface area contributed by atoms with Crippen LogP contribution in [0.4, 0.5) is 0 Å². The second-order valence-corrected chi connectivity index (χ2v) is 6.95. The number of aliphatic hydroxyl groups excluding tert-OH is 1. The van der Waals surface area contributed by atoms with E-state index in [0.717, 1.165) is 50.8 Å². The van der Waals surface area contributed by atoms with Gasteiger partial charge in [0, 0.05) is 45.2 Å². The van der Waals surface area contributed by atoms with Gasteiger partial charge in [-0.05, 0) is 26.2 Å². The summed E-state index contributed by atoms with van der Waals surface area (Å²) in [4.78, 5) is 4.90. The number of hydrogen-bond acceptors (Lipinski definition) is 5. The standard InChI is InChI=1S/C16H29N5O/c1-4-14-10-20(7-8-21(14)9-12(2)22)11-15-17-18-16(19(15)3)13-5-6-13/h12-14,22H,4-11H2,1-3H3/t12-,14+/m1/s1. The summed E-state index contributed by atoms with van der Waals surface area (Å²) in [6.07, 6.45) is 3.40. The van der Waals surface area contributed by atoms with Crippen molar-refractivity contribution >= 4 is 0 Å². The Morgan fingerprint density at radius 3 is 2.68 bits per heavy atom. The maximum Gasteiger partial charge on any atom is 0.146 e. The number of aliphatic hydroxyl groups is 1. The Bertz CT molecular complexity index is 497. The van der Waals surface area contributed by atoms with E-state index in [1.807, 2.05) is 6.92 Å². The van der Waals surface area contributed by atoms with Crippen LogP contribution in [0.15, 0.2) is 0 Å². The van der Waals surface area contributed by atoms with E-state index in [1.165, 1.54) is 12.8 Å². The average molecular weight is 307 g/mol. The van der Waals surface area contributed by atoms with Gasteiger partial charge in [0.25, 0.3) is 0 Å². The molecule has 1 N–H and O–H groups in total. The topological polar surface area (TPSA) is 57.4 Å². The van der Waals surface area contributed by atoms with Crippen molar-refractivity contribution in [2.45, 2.75) is 57.7 Å². The first kappa shape index (κ1) is 15.9. The molecule has 1 saturated heterocycles. The Morgan fingerprint density at radius 2 is 2.05 bits per heavy atom. The van der Waals surface area contributed by atoms with Crippen molar-refractivity contribution in [2.24, 2.45) is 7.05 Å². The highest BCUT2D eigenvalue weighted by Crippen LogP contribution is 2.38. The van der Waals surface area contributed by atoms with Crippen LogP contribution >= 0.6 is 0 Å². The molecule has 0 unspecified atom stereocenters. The molecule has 0 amide bonds. The lowest BCUT2D eigenvalue weighted by Crippen LogP contribution is -2.54. The normalized spacial score (nSPS) is 25.5. The lowest BCUT2D eigenvalue weighted by molar-refractivity contribution is 0.0325. The molecule has 124 valence electrons. The van der Waals surface area contributed by atoms with E-state index in [-0.39, 0.29) is 6.10 Å². The Kier molecular flexibility index (Phi) is 4.80. The number of hydrogen-bond donors (Lipinski definition) is 1. The molecule has 6 heteroatoms. The van der Waals surface area contributed by atoms with Gasteiger partial charge in [-0.2, -0.15) is 0 Å². The number of rotatable bonds is 6. The van der Waals surface area contributed by atoms with Gasteiger partial charge in [-0.25, -0.2) is 0 Å². The molecule has 2 aliphatic rings. The van der Waals surface area contributed by atoms with Crippen molar-refractivity contribution in [3.05, 3.63) is 11.6 Å². The number of piperazine rings is 1. The average Bonchev–Trinajstić information content (AvgIpc) is 3.26. The molecule has 0 radical (unpaired) electrons. The largest absolute Gasteiger partial charge is 0.392 e. The van der Waals surface area contributed by atoms with Crippen LogP contribution in [0.1, 0.15) is 50.7 Å². The van der Waals surface area contributed by atoms with Gasteiger partial charge in [-0.1, -0.05) is 6.92 Å². The van der Waals surface area contributed by atoms with Crippen molar-refractivity contribution in [1.82, 2.24) is 24.6 Å². The van der Waals surface area contributed by atoms with Gasteiger partial charge >= 0.3 is 0 Å². The van der Waals surface area contributed by atoms with Crippen LogP contribution in [0.3, 0.4) is 0 Å². The minimum Gasteiger partial charge on any atom is -0.392 e. The number of nitrogens with zero attached hydrogens (tertiary/aromatic N) is 5. The molecule has 22 heavy (non-hydrogen) atoms. The summed E-state index contributed by atoms with van der Waals surface area (Å²) in [5.74, 6) is 2.90. The molecule has 1 aromatic heterocycles. The molecule has 2 fully saturated rings. The maximum atomic E-state index is 9.64. The molecule has 0 spiro atoms. The molecule has 2 heterocycles. The van der Waals surface area contributed by atoms with E-state index in [9.17, 15) is 5.11 Å². The van der Waals surface area contributed by atoms with Gasteiger partial charge in [-0.15, -0.1) is 10.2 Å². The molecule has 2 atom stereocenters. The zero-order valence-corrected chi connectivity index (χ0v) is 14.1. The van der Waals surface area contributed by atoms with Crippen LogP contribution in [-0.4, -0.2) is 68.0 Å². The molecular weight excluding hydrogens is 278 g/mol. The Hall–Kier alpha value is -0.980. The highest BCUT2D eigenvalue weighted by molar-refractivity contribution is 5.07. The summed E-state index contributed by atoms with van der Waals surface area (Å²) in [5.41, 5.74) is 0. The second kappa shape index (κ2) is 6.64. The fourth-order valence-corrected chi connectivity index (χ4v) is 3.48. The third kappa shape index (κ3) is 3.50. The Balaban J connectivity index is 1.59. The summed E-state index contributed by atoms with van der Waals surface area (Å²) in [7, 11) is 2.10. The molecule has 0 aromatic carbocycles. The molecule has 1 aliphatic heterocycles. The van der Waals surface area contributed by atoms with Crippen LogP contribution in [0.5, 0.6) is 0 Å². The second-order valence-electron chi connectivity index (χ2n) is 6.95. The van der Waals surface area contributed by atoms with Gasteiger partial charge < -0.3 is 9.67 Å². The first-order chi connectivity index (χ1) is 10.6. The predicted molar refractivity (Wildman–Crippen MR) is 85.6 cm³/mol. The van der Waals surface area contributed by atoms with Crippen molar-refractivity contribution in [3.8, 4) is 0 Å². The van der Waals surface area contributed by atoms with E-state index >= 15 is 0 Å². The molecule has 1 saturated carbocycles. The van der Waals surface area contributed by atoms with Gasteiger partial charge in [0.2, 0.25) is 0 Å². The highest BCUT2D eigenvalue weighted by atomic mass is 16.3. The summed E-state index contributed by atoms with van der Waals surface area (Å²) < 4.78 is 2.20. The fraction of sp³-hybridized carbons (Fsp3) is 0.875. The van der Waals surface area contributed by atoms with E-state index in [4.69, 9.17) is 0 Å². The summed E-state index contributed by atoms with van der Waals surface area (Å²) >= 11 is 0. The van der Waals surface area contributed by atoms with E-state index in [2.05, 4.69) is 38.5 Å². The van der Waals surface area contributed by atoms with Crippen molar-refractivity contribution < 1.29 is 5.11 Å². The van der Waals surface area contributed by atoms with Gasteiger partial charge in [0.15, 0.2) is 0 Å². The summed E-state index contributed by atoms with van der Waals surface area (Å²) in [5, 5.41) is 18.4.